The van der Waals surface area contributed by atoms with Gasteiger partial charge < -0.3 is 10.6 Å². The molecular weight excluding hydrogens is 215 g/mol. The molecule has 0 amide bonds. The van der Waals surface area contributed by atoms with Crippen molar-refractivity contribution in [2.24, 2.45) is 11.7 Å². The van der Waals surface area contributed by atoms with E-state index in [1.807, 2.05) is 6.07 Å². The van der Waals surface area contributed by atoms with Crippen LogP contribution in [0.15, 0.2) is 24.3 Å². The van der Waals surface area contributed by atoms with Crippen LogP contribution in [0.3, 0.4) is 0 Å². The van der Waals surface area contributed by atoms with Crippen LogP contribution in [0.4, 0.5) is 4.39 Å². The van der Waals surface area contributed by atoms with Gasteiger partial charge in [-0.3, -0.25) is 0 Å². The first-order chi connectivity index (χ1) is 8.16. The van der Waals surface area contributed by atoms with Crippen molar-refractivity contribution in [1.29, 1.82) is 0 Å². The molecule has 0 spiro atoms. The highest BCUT2D eigenvalue weighted by Gasteiger charge is 2.19. The summed E-state index contributed by atoms with van der Waals surface area (Å²) in [5.41, 5.74) is 6.68. The molecule has 0 aliphatic carbocycles. The molecular formula is C14H21FN2. The lowest BCUT2D eigenvalue weighted by atomic mass is 10.0. The van der Waals surface area contributed by atoms with Crippen LogP contribution in [-0.4, -0.2) is 24.5 Å². The van der Waals surface area contributed by atoms with Gasteiger partial charge in [-0.2, -0.15) is 0 Å². The van der Waals surface area contributed by atoms with E-state index in [1.54, 1.807) is 12.1 Å². The SMILES string of the molecule is CC1CCN(CCC(N)c2ccccc2F)C1. The summed E-state index contributed by atoms with van der Waals surface area (Å²) in [5.74, 6) is 0.606. The number of rotatable bonds is 4. The van der Waals surface area contributed by atoms with Gasteiger partial charge in [0.1, 0.15) is 5.82 Å². The molecule has 2 N–H and O–H groups in total. The third-order valence-corrected chi connectivity index (χ3v) is 3.57. The normalized spacial score (nSPS) is 22.9. The first kappa shape index (κ1) is 12.5. The molecule has 1 aliphatic rings. The van der Waals surface area contributed by atoms with Crippen LogP contribution in [-0.2, 0) is 0 Å². The molecule has 0 saturated carbocycles. The van der Waals surface area contributed by atoms with Crippen molar-refractivity contribution in [3.8, 4) is 0 Å². The van der Waals surface area contributed by atoms with Gasteiger partial charge in [0.2, 0.25) is 0 Å². The van der Waals surface area contributed by atoms with E-state index in [1.165, 1.54) is 12.5 Å². The summed E-state index contributed by atoms with van der Waals surface area (Å²) in [7, 11) is 0. The molecule has 2 unspecified atom stereocenters. The largest absolute Gasteiger partial charge is 0.324 e. The molecule has 1 aromatic carbocycles. The molecule has 1 heterocycles. The van der Waals surface area contributed by atoms with Crippen molar-refractivity contribution in [2.45, 2.75) is 25.8 Å². The molecule has 2 nitrogen and oxygen atoms in total. The summed E-state index contributed by atoms with van der Waals surface area (Å²) in [6, 6.07) is 6.62. The van der Waals surface area contributed by atoms with E-state index in [2.05, 4.69) is 11.8 Å². The molecule has 94 valence electrons. The second-order valence-corrected chi connectivity index (χ2v) is 5.11. The summed E-state index contributed by atoms with van der Waals surface area (Å²) in [6.07, 6.45) is 2.10. The fourth-order valence-corrected chi connectivity index (χ4v) is 2.48. The summed E-state index contributed by atoms with van der Waals surface area (Å²) in [4.78, 5) is 2.42. The number of halogens is 1. The Balaban J connectivity index is 1.85. The minimum Gasteiger partial charge on any atom is -0.324 e. The first-order valence-corrected chi connectivity index (χ1v) is 6.39. The van der Waals surface area contributed by atoms with Crippen LogP contribution in [0.5, 0.6) is 0 Å². The maximum Gasteiger partial charge on any atom is 0.127 e. The lowest BCUT2D eigenvalue weighted by Crippen LogP contribution is -2.25. The highest BCUT2D eigenvalue weighted by Crippen LogP contribution is 2.20. The standard InChI is InChI=1S/C14H21FN2/c1-11-6-8-17(10-11)9-7-14(16)12-4-2-3-5-13(12)15/h2-5,11,14H,6-10,16H2,1H3. The van der Waals surface area contributed by atoms with Crippen molar-refractivity contribution < 1.29 is 4.39 Å². The van der Waals surface area contributed by atoms with Crippen LogP contribution < -0.4 is 5.73 Å². The lowest BCUT2D eigenvalue weighted by Gasteiger charge is -2.19. The number of benzene rings is 1. The van der Waals surface area contributed by atoms with Crippen molar-refractivity contribution in [3.63, 3.8) is 0 Å². The van der Waals surface area contributed by atoms with Gasteiger partial charge >= 0.3 is 0 Å². The monoisotopic (exact) mass is 236 g/mol. The first-order valence-electron chi connectivity index (χ1n) is 6.39. The number of nitrogens with two attached hydrogens (primary N) is 1. The summed E-state index contributed by atoms with van der Waals surface area (Å²) in [6.45, 7) is 5.56. The lowest BCUT2D eigenvalue weighted by molar-refractivity contribution is 0.311. The Hall–Kier alpha value is -0.930. The predicted octanol–water partition coefficient (Wildman–Crippen LogP) is 2.56. The molecule has 2 rings (SSSR count). The minimum absolute atomic E-state index is 0.185. The molecule has 1 aliphatic heterocycles. The van der Waals surface area contributed by atoms with Crippen molar-refractivity contribution in [2.75, 3.05) is 19.6 Å². The van der Waals surface area contributed by atoms with Gasteiger partial charge in [0, 0.05) is 18.2 Å². The van der Waals surface area contributed by atoms with Crippen LogP contribution >= 0.6 is 0 Å². The molecule has 1 aromatic rings. The Labute approximate surface area is 103 Å². The number of hydrogen-bond donors (Lipinski definition) is 1. The molecule has 17 heavy (non-hydrogen) atoms. The Morgan fingerprint density at radius 3 is 2.88 bits per heavy atom. The predicted molar refractivity (Wildman–Crippen MR) is 68.2 cm³/mol. The topological polar surface area (TPSA) is 29.3 Å². The Morgan fingerprint density at radius 2 is 2.24 bits per heavy atom. The molecule has 3 heteroatoms. The Morgan fingerprint density at radius 1 is 1.47 bits per heavy atom. The van der Waals surface area contributed by atoms with E-state index in [9.17, 15) is 4.39 Å². The van der Waals surface area contributed by atoms with Gasteiger partial charge in [-0.15, -0.1) is 0 Å². The van der Waals surface area contributed by atoms with E-state index < -0.39 is 0 Å². The summed E-state index contributed by atoms with van der Waals surface area (Å²) >= 11 is 0. The van der Waals surface area contributed by atoms with Crippen LogP contribution in [0.2, 0.25) is 0 Å². The zero-order chi connectivity index (χ0) is 12.3. The zero-order valence-electron chi connectivity index (χ0n) is 10.4. The average molecular weight is 236 g/mol. The molecule has 1 fully saturated rings. The Bertz CT molecular complexity index is 367. The fourth-order valence-electron chi connectivity index (χ4n) is 2.48. The van der Waals surface area contributed by atoms with E-state index >= 15 is 0 Å². The van der Waals surface area contributed by atoms with E-state index in [0.717, 1.165) is 32.0 Å². The van der Waals surface area contributed by atoms with Crippen molar-refractivity contribution in [1.82, 2.24) is 4.90 Å². The van der Waals surface area contributed by atoms with Crippen LogP contribution in [0.25, 0.3) is 0 Å². The Kier molecular flexibility index (Phi) is 4.13. The molecule has 0 radical (unpaired) electrons. The number of nitrogens with zero attached hydrogens (tertiary/aromatic N) is 1. The van der Waals surface area contributed by atoms with Gasteiger partial charge in [0.25, 0.3) is 0 Å². The van der Waals surface area contributed by atoms with Crippen LogP contribution in [0, 0.1) is 11.7 Å². The second kappa shape index (κ2) is 5.61. The van der Waals surface area contributed by atoms with E-state index in [0.29, 0.717) is 5.56 Å². The third kappa shape index (κ3) is 3.27. The minimum atomic E-state index is -0.188. The van der Waals surface area contributed by atoms with Gasteiger partial charge in [-0.05, 0) is 37.9 Å². The average Bonchev–Trinajstić information content (AvgIpc) is 2.73. The second-order valence-electron chi connectivity index (χ2n) is 5.11. The maximum absolute atomic E-state index is 13.5. The molecule has 1 saturated heterocycles. The summed E-state index contributed by atoms with van der Waals surface area (Å²) in [5, 5.41) is 0. The van der Waals surface area contributed by atoms with Gasteiger partial charge in [-0.25, -0.2) is 4.39 Å². The van der Waals surface area contributed by atoms with Gasteiger partial charge in [0.05, 0.1) is 0 Å². The highest BCUT2D eigenvalue weighted by atomic mass is 19.1. The fraction of sp³-hybridized carbons (Fsp3) is 0.571. The van der Waals surface area contributed by atoms with Crippen LogP contribution in [0.1, 0.15) is 31.4 Å². The highest BCUT2D eigenvalue weighted by molar-refractivity contribution is 5.20. The number of hydrogen-bond acceptors (Lipinski definition) is 2. The van der Waals surface area contributed by atoms with Crippen molar-refractivity contribution >= 4 is 0 Å². The summed E-state index contributed by atoms with van der Waals surface area (Å²) < 4.78 is 13.5. The van der Waals surface area contributed by atoms with E-state index in [-0.39, 0.29) is 11.9 Å². The third-order valence-electron chi connectivity index (χ3n) is 3.57. The quantitative estimate of drug-likeness (QED) is 0.870. The smallest absolute Gasteiger partial charge is 0.127 e. The number of likely N-dealkylation sites (tertiary alicyclic amines) is 1. The molecule has 0 aromatic heterocycles. The molecule has 2 atom stereocenters. The van der Waals surface area contributed by atoms with Gasteiger partial charge in [0.15, 0.2) is 0 Å². The molecule has 0 bridgehead atoms. The van der Waals surface area contributed by atoms with Gasteiger partial charge in [-0.1, -0.05) is 25.1 Å². The zero-order valence-corrected chi connectivity index (χ0v) is 10.4. The van der Waals surface area contributed by atoms with E-state index in [4.69, 9.17) is 5.73 Å². The maximum atomic E-state index is 13.5. The van der Waals surface area contributed by atoms with Crippen molar-refractivity contribution in [3.05, 3.63) is 35.6 Å².